The van der Waals surface area contributed by atoms with E-state index >= 15 is 0 Å². The molecule has 0 radical (unpaired) electrons. The third-order valence-corrected chi connectivity index (χ3v) is 5.94. The maximum atomic E-state index is 14.3. The van der Waals surface area contributed by atoms with Gasteiger partial charge < -0.3 is 14.2 Å². The minimum Gasteiger partial charge on any atom is -0.489 e. The van der Waals surface area contributed by atoms with Crippen molar-refractivity contribution >= 4 is 21.7 Å². The Balaban J connectivity index is 1.68. The number of anilines is 1. The molecule has 1 fully saturated rings. The molecule has 0 spiro atoms. The van der Waals surface area contributed by atoms with Crippen molar-refractivity contribution in [1.82, 2.24) is 4.72 Å². The zero-order valence-corrected chi connectivity index (χ0v) is 19.1. The average Bonchev–Trinajstić information content (AvgIpc) is 2.76. The van der Waals surface area contributed by atoms with Crippen molar-refractivity contribution in [2.45, 2.75) is 25.0 Å². The Morgan fingerprint density at radius 2 is 1.84 bits per heavy atom. The third kappa shape index (κ3) is 5.96. The Morgan fingerprint density at radius 3 is 2.44 bits per heavy atom. The van der Waals surface area contributed by atoms with Gasteiger partial charge in [0.15, 0.2) is 0 Å². The van der Waals surface area contributed by atoms with Crippen LogP contribution in [0.15, 0.2) is 42.5 Å². The van der Waals surface area contributed by atoms with Crippen molar-refractivity contribution in [3.05, 3.63) is 59.4 Å². The van der Waals surface area contributed by atoms with E-state index < -0.39 is 27.5 Å². The summed E-state index contributed by atoms with van der Waals surface area (Å²) in [7, 11) is -0.576. The van der Waals surface area contributed by atoms with E-state index in [4.69, 9.17) is 14.2 Å². The van der Waals surface area contributed by atoms with Crippen molar-refractivity contribution < 1.29 is 31.8 Å². The van der Waals surface area contributed by atoms with E-state index in [0.717, 1.165) is 11.8 Å². The van der Waals surface area contributed by atoms with Crippen LogP contribution in [-0.4, -0.2) is 48.1 Å². The summed E-state index contributed by atoms with van der Waals surface area (Å²) >= 11 is 0. The fourth-order valence-electron chi connectivity index (χ4n) is 3.55. The van der Waals surface area contributed by atoms with Crippen molar-refractivity contribution in [2.75, 3.05) is 38.5 Å². The Morgan fingerprint density at radius 1 is 1.19 bits per heavy atom. The standard InChI is InChI=1S/C22H27FN2O6S/c1-25(21(26)24-32(3,27)28)19-6-4-16(5-7-19)15-31-20-13-17(12-18(23)14-20)22(29-2)8-10-30-11-9-22/h4-7,12-14H,8-11,15H2,1-3H3,(H,24,26). The van der Waals surface area contributed by atoms with E-state index in [1.54, 1.807) is 37.4 Å². The summed E-state index contributed by atoms with van der Waals surface area (Å²) in [5, 5.41) is 0. The fourth-order valence-corrected chi connectivity index (χ4v) is 4.00. The first-order valence-corrected chi connectivity index (χ1v) is 11.9. The zero-order chi connectivity index (χ0) is 23.4. The number of carbonyl (C=O) groups excluding carboxylic acids is 1. The molecule has 0 aliphatic carbocycles. The van der Waals surface area contributed by atoms with Crippen LogP contribution < -0.4 is 14.4 Å². The molecule has 2 amide bonds. The summed E-state index contributed by atoms with van der Waals surface area (Å²) in [6.45, 7) is 1.28. The van der Waals surface area contributed by atoms with Gasteiger partial charge in [0.2, 0.25) is 10.0 Å². The van der Waals surface area contributed by atoms with Crippen LogP contribution in [0.5, 0.6) is 5.75 Å². The monoisotopic (exact) mass is 466 g/mol. The first-order valence-electron chi connectivity index (χ1n) is 10.0. The highest BCUT2D eigenvalue weighted by Crippen LogP contribution is 2.37. The van der Waals surface area contributed by atoms with Crippen LogP contribution >= 0.6 is 0 Å². The zero-order valence-electron chi connectivity index (χ0n) is 18.3. The Kier molecular flexibility index (Phi) is 7.37. The minimum absolute atomic E-state index is 0.186. The van der Waals surface area contributed by atoms with Crippen LogP contribution in [0.3, 0.4) is 0 Å². The predicted octanol–water partition coefficient (Wildman–Crippen LogP) is 3.16. The molecule has 0 bridgehead atoms. The van der Waals surface area contributed by atoms with Crippen molar-refractivity contribution in [1.29, 1.82) is 0 Å². The maximum Gasteiger partial charge on any atom is 0.335 e. The van der Waals surface area contributed by atoms with Gasteiger partial charge in [-0.1, -0.05) is 12.1 Å². The van der Waals surface area contributed by atoms with Crippen LogP contribution in [0.2, 0.25) is 0 Å². The number of urea groups is 1. The van der Waals surface area contributed by atoms with Gasteiger partial charge in [0.05, 0.1) is 11.9 Å². The van der Waals surface area contributed by atoms with Crippen LogP contribution in [0.4, 0.5) is 14.9 Å². The summed E-state index contributed by atoms with van der Waals surface area (Å²) in [6.07, 6.45) is 2.18. The highest BCUT2D eigenvalue weighted by Gasteiger charge is 2.35. The molecule has 0 saturated carbocycles. The second-order valence-electron chi connectivity index (χ2n) is 7.68. The number of nitrogens with zero attached hydrogens (tertiary/aromatic N) is 1. The molecule has 1 saturated heterocycles. The molecule has 3 rings (SSSR count). The minimum atomic E-state index is -3.65. The van der Waals surface area contributed by atoms with E-state index in [1.807, 2.05) is 4.72 Å². The van der Waals surface area contributed by atoms with Crippen LogP contribution in [-0.2, 0) is 31.7 Å². The highest BCUT2D eigenvalue weighted by molar-refractivity contribution is 7.89. The van der Waals surface area contributed by atoms with Gasteiger partial charge in [-0.2, -0.15) is 0 Å². The fraction of sp³-hybridized carbons (Fsp3) is 0.409. The second-order valence-corrected chi connectivity index (χ2v) is 9.43. The topological polar surface area (TPSA) is 94.2 Å². The normalized spacial score (nSPS) is 15.8. The molecule has 174 valence electrons. The van der Waals surface area contributed by atoms with Crippen LogP contribution in [0, 0.1) is 5.82 Å². The Hall–Kier alpha value is -2.69. The van der Waals surface area contributed by atoms with E-state index in [0.29, 0.717) is 43.1 Å². The largest absolute Gasteiger partial charge is 0.489 e. The third-order valence-electron chi connectivity index (χ3n) is 5.40. The molecule has 2 aromatic rings. The number of rotatable bonds is 7. The smallest absolute Gasteiger partial charge is 0.335 e. The summed E-state index contributed by atoms with van der Waals surface area (Å²) < 4.78 is 55.6. The SMILES string of the molecule is COC1(c2cc(F)cc(OCc3ccc(N(C)C(=O)NS(C)(=O)=O)cc3)c2)CCOCC1. The van der Waals surface area contributed by atoms with E-state index in [-0.39, 0.29) is 6.61 Å². The van der Waals surface area contributed by atoms with Gasteiger partial charge >= 0.3 is 6.03 Å². The predicted molar refractivity (Wildman–Crippen MR) is 118 cm³/mol. The van der Waals surface area contributed by atoms with Crippen LogP contribution in [0.25, 0.3) is 0 Å². The first-order chi connectivity index (χ1) is 15.1. The van der Waals surface area contributed by atoms with Gasteiger partial charge in [-0.05, 0) is 35.4 Å². The van der Waals surface area contributed by atoms with E-state index in [2.05, 4.69) is 0 Å². The van der Waals surface area contributed by atoms with Gasteiger partial charge in [0.25, 0.3) is 0 Å². The van der Waals surface area contributed by atoms with E-state index in [9.17, 15) is 17.6 Å². The lowest BCUT2D eigenvalue weighted by Crippen LogP contribution is -2.40. The molecular formula is C22H27FN2O6S. The number of nitrogens with one attached hydrogen (secondary N) is 1. The van der Waals surface area contributed by atoms with Gasteiger partial charge in [-0.25, -0.2) is 22.3 Å². The molecule has 1 heterocycles. The number of halogens is 1. The molecule has 0 unspecified atom stereocenters. The number of sulfonamides is 1. The van der Waals surface area contributed by atoms with Gasteiger partial charge in [0, 0.05) is 52.0 Å². The summed E-state index contributed by atoms with van der Waals surface area (Å²) in [6, 6.07) is 10.6. The Labute approximate surface area is 187 Å². The summed E-state index contributed by atoms with van der Waals surface area (Å²) in [5.41, 5.74) is 1.41. The molecule has 1 N–H and O–H groups in total. The second kappa shape index (κ2) is 9.85. The maximum absolute atomic E-state index is 14.3. The number of hydrogen-bond acceptors (Lipinski definition) is 6. The summed E-state index contributed by atoms with van der Waals surface area (Å²) in [4.78, 5) is 13.1. The van der Waals surface area contributed by atoms with Gasteiger partial charge in [-0.15, -0.1) is 0 Å². The lowest BCUT2D eigenvalue weighted by Gasteiger charge is -2.36. The molecule has 0 atom stereocenters. The first kappa shape index (κ1) is 24.0. The molecule has 0 aromatic heterocycles. The number of amides is 2. The van der Waals surface area contributed by atoms with Crippen molar-refractivity contribution in [3.63, 3.8) is 0 Å². The molecule has 1 aliphatic heterocycles. The number of benzene rings is 2. The number of methoxy groups -OCH3 is 1. The molecular weight excluding hydrogens is 439 g/mol. The molecule has 8 nitrogen and oxygen atoms in total. The summed E-state index contributed by atoms with van der Waals surface area (Å²) in [5.74, 6) is -0.0223. The molecule has 2 aromatic carbocycles. The number of carbonyl (C=O) groups is 1. The molecule has 32 heavy (non-hydrogen) atoms. The number of ether oxygens (including phenoxy) is 3. The van der Waals surface area contributed by atoms with Crippen molar-refractivity contribution in [3.8, 4) is 5.75 Å². The average molecular weight is 467 g/mol. The molecule has 1 aliphatic rings. The van der Waals surface area contributed by atoms with E-state index in [1.165, 1.54) is 24.1 Å². The van der Waals surface area contributed by atoms with Crippen LogP contribution in [0.1, 0.15) is 24.0 Å². The molecule has 10 heteroatoms. The highest BCUT2D eigenvalue weighted by atomic mass is 32.2. The lowest BCUT2D eigenvalue weighted by molar-refractivity contribution is -0.0950. The van der Waals surface area contributed by atoms with Gasteiger partial charge in [0.1, 0.15) is 18.2 Å². The quantitative estimate of drug-likeness (QED) is 0.674. The lowest BCUT2D eigenvalue weighted by atomic mass is 9.86. The van der Waals surface area contributed by atoms with Crippen molar-refractivity contribution in [2.24, 2.45) is 0 Å². The van der Waals surface area contributed by atoms with Gasteiger partial charge in [-0.3, -0.25) is 4.90 Å². The Bertz CT molecular complexity index is 1050. The number of hydrogen-bond donors (Lipinski definition) is 1.